The summed E-state index contributed by atoms with van der Waals surface area (Å²) in [5, 5.41) is 0. The summed E-state index contributed by atoms with van der Waals surface area (Å²) < 4.78 is 0. The number of benzene rings is 2. The van der Waals surface area contributed by atoms with E-state index in [4.69, 9.17) is 0 Å². The Balaban J connectivity index is 1.95. The second-order valence-electron chi connectivity index (χ2n) is 5.62. The van der Waals surface area contributed by atoms with Gasteiger partial charge in [-0.05, 0) is 17.5 Å². The van der Waals surface area contributed by atoms with E-state index in [0.29, 0.717) is 12.8 Å². The van der Waals surface area contributed by atoms with Crippen molar-refractivity contribution in [2.24, 2.45) is 0 Å². The zero-order valence-corrected chi connectivity index (χ0v) is 11.5. The molecule has 0 radical (unpaired) electrons. The topological polar surface area (TPSA) is 37.4 Å². The van der Waals surface area contributed by atoms with Crippen molar-refractivity contribution in [1.29, 1.82) is 0 Å². The van der Waals surface area contributed by atoms with Crippen molar-refractivity contribution >= 4 is 11.7 Å². The molecule has 1 saturated heterocycles. The largest absolute Gasteiger partial charge is 0.321 e. The molecular weight excluding hydrogens is 262 g/mol. The van der Waals surface area contributed by atoms with E-state index >= 15 is 0 Å². The van der Waals surface area contributed by atoms with Crippen molar-refractivity contribution in [3.8, 4) is 0 Å². The van der Waals surface area contributed by atoms with Gasteiger partial charge in [0.25, 0.3) is 0 Å². The Kier molecular flexibility index (Phi) is 2.67. The number of carbonyl (C=O) groups excluding carboxylic acids is 2. The smallest absolute Gasteiger partial charge is 0.224 e. The fraction of sp³-hybridized carbons (Fsp3) is 0.222. The van der Waals surface area contributed by atoms with Crippen LogP contribution >= 0.6 is 0 Å². The molecule has 2 heterocycles. The van der Waals surface area contributed by atoms with Gasteiger partial charge in [-0.25, -0.2) is 0 Å². The van der Waals surface area contributed by atoms with Gasteiger partial charge in [0.1, 0.15) is 0 Å². The lowest BCUT2D eigenvalue weighted by molar-refractivity contribution is -0.130. The third-order valence-electron chi connectivity index (χ3n) is 4.47. The van der Waals surface area contributed by atoms with Gasteiger partial charge in [-0.1, -0.05) is 54.6 Å². The van der Waals surface area contributed by atoms with Crippen LogP contribution in [0.25, 0.3) is 0 Å². The highest BCUT2D eigenvalue weighted by molar-refractivity contribution is 6.06. The molecule has 104 valence electrons. The summed E-state index contributed by atoms with van der Waals surface area (Å²) in [7, 11) is 0. The fourth-order valence-electron chi connectivity index (χ4n) is 3.55. The summed E-state index contributed by atoms with van der Waals surface area (Å²) in [6.45, 7) is 0. The molecule has 0 aromatic heterocycles. The van der Waals surface area contributed by atoms with E-state index in [1.165, 1.54) is 0 Å². The molecule has 4 rings (SSSR count). The molecule has 1 fully saturated rings. The second kappa shape index (κ2) is 4.55. The van der Waals surface area contributed by atoms with E-state index in [1.807, 2.05) is 54.6 Å². The van der Waals surface area contributed by atoms with E-state index < -0.39 is 0 Å². The number of rotatable bonds is 1. The summed E-state index contributed by atoms with van der Waals surface area (Å²) in [4.78, 5) is 26.7. The molecule has 21 heavy (non-hydrogen) atoms. The molecule has 3 nitrogen and oxygen atoms in total. The van der Waals surface area contributed by atoms with Gasteiger partial charge >= 0.3 is 0 Å². The molecule has 2 atom stereocenters. The highest BCUT2D eigenvalue weighted by Crippen LogP contribution is 2.42. The van der Waals surface area contributed by atoms with Crippen LogP contribution in [-0.4, -0.2) is 22.6 Å². The minimum Gasteiger partial charge on any atom is -0.321 e. The second-order valence-corrected chi connectivity index (χ2v) is 5.62. The number of ketones is 1. The minimum absolute atomic E-state index is 0.0803. The summed E-state index contributed by atoms with van der Waals surface area (Å²) in [5.41, 5.74) is 2.78. The Labute approximate surface area is 123 Å². The van der Waals surface area contributed by atoms with Crippen LogP contribution in [0.1, 0.15) is 40.4 Å². The molecule has 0 bridgehead atoms. The van der Waals surface area contributed by atoms with Crippen molar-refractivity contribution in [1.82, 2.24) is 4.90 Å². The van der Waals surface area contributed by atoms with Crippen molar-refractivity contribution in [2.75, 3.05) is 0 Å². The van der Waals surface area contributed by atoms with Gasteiger partial charge in [0.2, 0.25) is 5.91 Å². The number of amides is 1. The normalized spacial score (nSPS) is 23.9. The standard InChI is InChI=1S/C18H15NO2/c20-16-11-10-15-18(21)14-9-5-4-8-13(14)17(19(15)16)12-6-2-1-3-7-12/h1-9,15,17H,10-11H2/t15-,17-/m1/s1. The van der Waals surface area contributed by atoms with Crippen LogP contribution in [0.15, 0.2) is 54.6 Å². The molecule has 0 N–H and O–H groups in total. The van der Waals surface area contributed by atoms with Crippen molar-refractivity contribution < 1.29 is 9.59 Å². The summed E-state index contributed by atoms with van der Waals surface area (Å²) in [5.74, 6) is 0.167. The number of Topliss-reactive ketones (excluding diaryl/α,β-unsaturated/α-hetero) is 1. The first-order valence-corrected chi connectivity index (χ1v) is 7.26. The van der Waals surface area contributed by atoms with Crippen LogP contribution in [-0.2, 0) is 4.79 Å². The Bertz CT molecular complexity index is 723. The van der Waals surface area contributed by atoms with Crippen molar-refractivity contribution in [3.05, 3.63) is 71.3 Å². The first-order valence-electron chi connectivity index (χ1n) is 7.26. The molecule has 2 aromatic carbocycles. The lowest BCUT2D eigenvalue weighted by atomic mass is 9.84. The molecule has 1 amide bonds. The molecule has 2 aliphatic rings. The van der Waals surface area contributed by atoms with Gasteiger partial charge in [0.05, 0.1) is 12.1 Å². The molecule has 3 heteroatoms. The molecule has 2 aliphatic heterocycles. The number of fused-ring (bicyclic) bond motifs is 2. The zero-order valence-electron chi connectivity index (χ0n) is 11.5. The fourth-order valence-corrected chi connectivity index (χ4v) is 3.55. The Hall–Kier alpha value is -2.42. The third-order valence-corrected chi connectivity index (χ3v) is 4.47. The summed E-state index contributed by atoms with van der Waals surface area (Å²) in [6.07, 6.45) is 1.10. The lowest BCUT2D eigenvalue weighted by Crippen LogP contribution is -2.46. The number of nitrogens with zero attached hydrogens (tertiary/aromatic N) is 1. The quantitative estimate of drug-likeness (QED) is 0.803. The van der Waals surface area contributed by atoms with Gasteiger partial charge in [-0.3, -0.25) is 9.59 Å². The maximum absolute atomic E-state index is 12.6. The molecule has 2 aromatic rings. The minimum atomic E-state index is -0.294. The third kappa shape index (κ3) is 1.74. The first kappa shape index (κ1) is 12.3. The lowest BCUT2D eigenvalue weighted by Gasteiger charge is -2.38. The average molecular weight is 277 g/mol. The highest BCUT2D eigenvalue weighted by atomic mass is 16.2. The van der Waals surface area contributed by atoms with Crippen LogP contribution in [0.5, 0.6) is 0 Å². The molecular formula is C18H15NO2. The van der Waals surface area contributed by atoms with Crippen LogP contribution in [0.4, 0.5) is 0 Å². The van der Waals surface area contributed by atoms with E-state index in [-0.39, 0.29) is 23.8 Å². The molecule has 0 aliphatic carbocycles. The maximum atomic E-state index is 12.6. The Morgan fingerprint density at radius 1 is 0.905 bits per heavy atom. The Morgan fingerprint density at radius 3 is 2.43 bits per heavy atom. The predicted octanol–water partition coefficient (Wildman–Crippen LogP) is 2.96. The number of hydrogen-bond donors (Lipinski definition) is 0. The highest BCUT2D eigenvalue weighted by Gasteiger charge is 2.46. The van der Waals surface area contributed by atoms with E-state index in [2.05, 4.69) is 0 Å². The first-order chi connectivity index (χ1) is 10.3. The van der Waals surface area contributed by atoms with Crippen LogP contribution in [0.3, 0.4) is 0 Å². The number of carbonyl (C=O) groups is 2. The zero-order chi connectivity index (χ0) is 14.4. The van der Waals surface area contributed by atoms with Gasteiger partial charge in [0, 0.05) is 12.0 Å². The molecule has 0 unspecified atom stereocenters. The van der Waals surface area contributed by atoms with Gasteiger partial charge in [-0.15, -0.1) is 0 Å². The molecule has 0 spiro atoms. The predicted molar refractivity (Wildman–Crippen MR) is 78.9 cm³/mol. The number of hydrogen-bond acceptors (Lipinski definition) is 2. The Morgan fingerprint density at radius 2 is 1.62 bits per heavy atom. The SMILES string of the molecule is O=C1c2ccccc2[C@@H](c2ccccc2)N2C(=O)CC[C@H]12. The van der Waals surface area contributed by atoms with E-state index in [0.717, 1.165) is 16.7 Å². The van der Waals surface area contributed by atoms with Gasteiger partial charge in [-0.2, -0.15) is 0 Å². The van der Waals surface area contributed by atoms with Gasteiger partial charge in [0.15, 0.2) is 5.78 Å². The van der Waals surface area contributed by atoms with Crippen LogP contribution in [0.2, 0.25) is 0 Å². The summed E-state index contributed by atoms with van der Waals surface area (Å²) >= 11 is 0. The monoisotopic (exact) mass is 277 g/mol. The van der Waals surface area contributed by atoms with E-state index in [1.54, 1.807) is 4.90 Å². The van der Waals surface area contributed by atoms with Crippen LogP contribution in [0, 0.1) is 0 Å². The van der Waals surface area contributed by atoms with Gasteiger partial charge < -0.3 is 4.90 Å². The molecule has 0 saturated carbocycles. The van der Waals surface area contributed by atoms with Crippen LogP contribution < -0.4 is 0 Å². The van der Waals surface area contributed by atoms with Crippen molar-refractivity contribution in [2.45, 2.75) is 24.9 Å². The van der Waals surface area contributed by atoms with E-state index in [9.17, 15) is 9.59 Å². The maximum Gasteiger partial charge on any atom is 0.224 e. The summed E-state index contributed by atoms with van der Waals surface area (Å²) in [6, 6.07) is 17.2. The average Bonchev–Trinajstić information content (AvgIpc) is 2.91. The van der Waals surface area contributed by atoms with Crippen molar-refractivity contribution in [3.63, 3.8) is 0 Å².